The highest BCUT2D eigenvalue weighted by molar-refractivity contribution is 5.80. The Kier molecular flexibility index (Phi) is 6.43. The first kappa shape index (κ1) is 20.3. The molecule has 1 aromatic carbocycles. The Morgan fingerprint density at radius 2 is 1.93 bits per heavy atom. The van der Waals surface area contributed by atoms with E-state index in [1.54, 1.807) is 38.2 Å². The van der Waals surface area contributed by atoms with Crippen LogP contribution < -0.4 is 25.4 Å². The second-order valence-electron chi connectivity index (χ2n) is 6.32. The molecule has 156 valence electrons. The van der Waals surface area contributed by atoms with E-state index >= 15 is 0 Å². The van der Waals surface area contributed by atoms with E-state index in [4.69, 9.17) is 19.9 Å². The molecule has 0 atom stereocenters. The average Bonchev–Trinajstić information content (AvgIpc) is 2.75. The molecule has 10 heteroatoms. The Morgan fingerprint density at radius 1 is 1.17 bits per heavy atom. The number of carbonyl (C=O) groups is 1. The fourth-order valence-electron chi connectivity index (χ4n) is 3.09. The number of benzene rings is 1. The maximum Gasteiger partial charge on any atom is 0.409 e. The number of ether oxygens (including phenoxy) is 3. The van der Waals surface area contributed by atoms with Crippen LogP contribution in [0.2, 0.25) is 0 Å². The van der Waals surface area contributed by atoms with E-state index in [1.807, 2.05) is 11.0 Å². The summed E-state index contributed by atoms with van der Waals surface area (Å²) in [6, 6.07) is 5.41. The summed E-state index contributed by atoms with van der Waals surface area (Å²) < 4.78 is 15.7. The van der Waals surface area contributed by atoms with Gasteiger partial charge in [-0.1, -0.05) is 0 Å². The Labute approximate surface area is 169 Å². The van der Waals surface area contributed by atoms with Crippen molar-refractivity contribution in [1.29, 1.82) is 0 Å². The van der Waals surface area contributed by atoms with Crippen molar-refractivity contribution in [1.82, 2.24) is 14.9 Å². The second-order valence-corrected chi connectivity index (χ2v) is 6.32. The molecule has 2 aromatic rings. The van der Waals surface area contributed by atoms with Crippen molar-refractivity contribution in [3.63, 3.8) is 0 Å². The monoisotopic (exact) mass is 402 g/mol. The summed E-state index contributed by atoms with van der Waals surface area (Å²) in [6.45, 7) is 4.43. The number of piperazine rings is 1. The maximum atomic E-state index is 11.9. The molecule has 3 N–H and O–H groups in total. The Balaban J connectivity index is 1.77. The molecule has 3 rings (SSSR count). The number of carbonyl (C=O) groups excluding carboxylic acids is 1. The third-order valence-corrected chi connectivity index (χ3v) is 4.63. The van der Waals surface area contributed by atoms with E-state index in [1.165, 1.54) is 6.33 Å². The zero-order valence-electron chi connectivity index (χ0n) is 16.8. The summed E-state index contributed by atoms with van der Waals surface area (Å²) >= 11 is 0. The number of hydrogen-bond donors (Lipinski definition) is 2. The molecule has 1 aromatic heterocycles. The highest BCUT2D eigenvalue weighted by atomic mass is 16.6. The van der Waals surface area contributed by atoms with Gasteiger partial charge >= 0.3 is 6.09 Å². The number of methoxy groups -OCH3 is 2. The first-order valence-corrected chi connectivity index (χ1v) is 9.33. The van der Waals surface area contributed by atoms with Crippen LogP contribution in [0.15, 0.2) is 24.5 Å². The number of amides is 1. The van der Waals surface area contributed by atoms with E-state index < -0.39 is 0 Å². The number of nitrogens with zero attached hydrogens (tertiary/aromatic N) is 4. The van der Waals surface area contributed by atoms with Crippen LogP contribution in [0.3, 0.4) is 0 Å². The van der Waals surface area contributed by atoms with Gasteiger partial charge in [0.2, 0.25) is 0 Å². The molecule has 1 saturated heterocycles. The van der Waals surface area contributed by atoms with Gasteiger partial charge in [0, 0.05) is 32.2 Å². The number of nitrogens with one attached hydrogen (secondary N) is 1. The third kappa shape index (κ3) is 4.53. The smallest absolute Gasteiger partial charge is 0.409 e. The summed E-state index contributed by atoms with van der Waals surface area (Å²) in [5.74, 6) is 2.40. The van der Waals surface area contributed by atoms with Crippen LogP contribution >= 0.6 is 0 Å². The number of rotatable bonds is 6. The summed E-state index contributed by atoms with van der Waals surface area (Å²) in [5, 5.41) is 3.20. The fraction of sp³-hybridized carbons (Fsp3) is 0.421. The lowest BCUT2D eigenvalue weighted by atomic mass is 10.2. The molecular weight excluding hydrogens is 376 g/mol. The van der Waals surface area contributed by atoms with Gasteiger partial charge in [-0.25, -0.2) is 14.8 Å². The zero-order valence-corrected chi connectivity index (χ0v) is 16.8. The van der Waals surface area contributed by atoms with E-state index in [9.17, 15) is 4.79 Å². The van der Waals surface area contributed by atoms with Gasteiger partial charge in [0.25, 0.3) is 0 Å². The zero-order chi connectivity index (χ0) is 20.8. The predicted molar refractivity (Wildman–Crippen MR) is 110 cm³/mol. The largest absolute Gasteiger partial charge is 0.497 e. The van der Waals surface area contributed by atoms with Crippen LogP contribution in [-0.2, 0) is 4.74 Å². The van der Waals surface area contributed by atoms with Gasteiger partial charge in [-0.2, -0.15) is 0 Å². The summed E-state index contributed by atoms with van der Waals surface area (Å²) in [7, 11) is 3.18. The lowest BCUT2D eigenvalue weighted by Crippen LogP contribution is -2.49. The van der Waals surface area contributed by atoms with Crippen molar-refractivity contribution in [2.45, 2.75) is 6.92 Å². The highest BCUT2D eigenvalue weighted by Gasteiger charge is 2.25. The minimum absolute atomic E-state index is 0.296. The van der Waals surface area contributed by atoms with Gasteiger partial charge in [-0.15, -0.1) is 0 Å². The molecule has 1 amide bonds. The second kappa shape index (κ2) is 9.18. The Morgan fingerprint density at radius 3 is 2.59 bits per heavy atom. The van der Waals surface area contributed by atoms with Gasteiger partial charge in [0.05, 0.1) is 26.5 Å². The molecule has 10 nitrogen and oxygen atoms in total. The van der Waals surface area contributed by atoms with Crippen molar-refractivity contribution in [2.24, 2.45) is 0 Å². The molecule has 0 spiro atoms. The number of hydrogen-bond acceptors (Lipinski definition) is 9. The molecule has 0 radical (unpaired) electrons. The lowest BCUT2D eigenvalue weighted by molar-refractivity contribution is 0.105. The molecule has 0 unspecified atom stereocenters. The van der Waals surface area contributed by atoms with Crippen LogP contribution in [0.25, 0.3) is 0 Å². The molecule has 1 fully saturated rings. The minimum atomic E-state index is -0.296. The molecule has 1 aliphatic heterocycles. The molecule has 1 aliphatic rings. The number of nitrogen functional groups attached to an aromatic ring is 1. The van der Waals surface area contributed by atoms with Crippen LogP contribution in [-0.4, -0.2) is 68.0 Å². The molecule has 2 heterocycles. The van der Waals surface area contributed by atoms with Crippen molar-refractivity contribution in [3.8, 4) is 11.5 Å². The quantitative estimate of drug-likeness (QED) is 0.749. The normalized spacial score (nSPS) is 13.8. The van der Waals surface area contributed by atoms with Crippen molar-refractivity contribution >= 4 is 29.1 Å². The van der Waals surface area contributed by atoms with Gasteiger partial charge in [0.15, 0.2) is 11.6 Å². The highest BCUT2D eigenvalue weighted by Crippen LogP contribution is 2.34. The fourth-order valence-corrected chi connectivity index (χ4v) is 3.09. The van der Waals surface area contributed by atoms with Crippen LogP contribution in [0, 0.1) is 0 Å². The molecule has 29 heavy (non-hydrogen) atoms. The Hall–Kier alpha value is -3.43. The summed E-state index contributed by atoms with van der Waals surface area (Å²) in [4.78, 5) is 24.2. The average molecular weight is 402 g/mol. The maximum absolute atomic E-state index is 11.9. The van der Waals surface area contributed by atoms with Crippen molar-refractivity contribution in [3.05, 3.63) is 24.5 Å². The topological polar surface area (TPSA) is 115 Å². The first-order valence-electron chi connectivity index (χ1n) is 9.33. The van der Waals surface area contributed by atoms with Crippen LogP contribution in [0.1, 0.15) is 6.92 Å². The van der Waals surface area contributed by atoms with E-state index in [-0.39, 0.29) is 6.09 Å². The van der Waals surface area contributed by atoms with Crippen molar-refractivity contribution < 1.29 is 19.0 Å². The summed E-state index contributed by atoms with van der Waals surface area (Å²) in [6.07, 6.45) is 1.16. The predicted octanol–water partition coefficient (Wildman–Crippen LogP) is 2.10. The lowest BCUT2D eigenvalue weighted by Gasteiger charge is -2.35. The van der Waals surface area contributed by atoms with Gasteiger partial charge < -0.3 is 35.1 Å². The van der Waals surface area contributed by atoms with Crippen LogP contribution in [0.4, 0.5) is 27.8 Å². The van der Waals surface area contributed by atoms with E-state index in [0.717, 1.165) is 0 Å². The van der Waals surface area contributed by atoms with Crippen molar-refractivity contribution in [2.75, 3.05) is 63.0 Å². The molecule has 0 aliphatic carbocycles. The van der Waals surface area contributed by atoms with Crippen LogP contribution in [0.5, 0.6) is 11.5 Å². The number of aromatic nitrogens is 2. The van der Waals surface area contributed by atoms with Gasteiger partial charge in [0.1, 0.15) is 23.5 Å². The molecular formula is C19H26N6O4. The van der Waals surface area contributed by atoms with Gasteiger partial charge in [-0.3, -0.25) is 0 Å². The standard InChI is InChI=1S/C19H26N6O4/c1-4-29-19(26)25-9-7-24(8-10-25)18-16(20)17(21-12-22-18)23-14-11-13(27-2)5-6-15(14)28-3/h5-6,11-12H,4,7-10,20H2,1-3H3,(H,21,22,23). The van der Waals surface area contributed by atoms with Gasteiger partial charge in [-0.05, 0) is 19.1 Å². The van der Waals surface area contributed by atoms with E-state index in [0.29, 0.717) is 67.3 Å². The minimum Gasteiger partial charge on any atom is -0.497 e. The summed E-state index contributed by atoms with van der Waals surface area (Å²) in [5.41, 5.74) is 7.45. The van der Waals surface area contributed by atoms with E-state index in [2.05, 4.69) is 15.3 Å². The number of anilines is 4. The number of nitrogens with two attached hydrogens (primary N) is 1. The SMILES string of the molecule is CCOC(=O)N1CCN(c2ncnc(Nc3cc(OC)ccc3OC)c2N)CC1. The third-order valence-electron chi connectivity index (χ3n) is 4.63. The Bertz CT molecular complexity index is 855. The first-order chi connectivity index (χ1) is 14.1. The molecule has 0 saturated carbocycles. The molecule has 0 bridgehead atoms.